The monoisotopic (exact) mass is 392 g/mol. The first kappa shape index (κ1) is 18.0. The Labute approximate surface area is 168 Å². The number of carbonyl (C=O) groups is 1. The molecule has 3 heterocycles. The average Bonchev–Trinajstić information content (AvgIpc) is 3.46. The topological polar surface area (TPSA) is 81.7 Å². The number of hydrogen-bond donors (Lipinski definition) is 2. The molecule has 0 unspecified atom stereocenters. The maximum atomic E-state index is 13.2. The molecule has 0 atom stereocenters. The van der Waals surface area contributed by atoms with Crippen LogP contribution in [-0.2, 0) is 19.6 Å². The minimum absolute atomic E-state index is 0.0209. The molecule has 7 heteroatoms. The van der Waals surface area contributed by atoms with Gasteiger partial charge in [0.05, 0.1) is 23.9 Å². The molecule has 1 amide bonds. The van der Waals surface area contributed by atoms with Crippen LogP contribution in [0, 0.1) is 0 Å². The summed E-state index contributed by atoms with van der Waals surface area (Å²) in [6, 6.07) is 9.26. The van der Waals surface area contributed by atoms with Crippen molar-refractivity contribution in [2.24, 2.45) is 0 Å². The van der Waals surface area contributed by atoms with Crippen LogP contribution in [0.5, 0.6) is 11.5 Å². The molecule has 3 aromatic rings. The molecule has 1 aromatic heterocycles. The van der Waals surface area contributed by atoms with E-state index in [2.05, 4.69) is 15.1 Å². The molecule has 2 N–H and O–H groups in total. The fraction of sp³-hybridized carbons (Fsp3) is 0.364. The standard InChI is InChI=1S/C22H24N4O3/c1-29-16-5-4-14-11-26(12-15(14)8-16)22(28)18-9-17-19(10-21(18)27)23-24-20(17)13-25-6-2-3-7-25/h4-5,8-10,27H,2-3,6-7,11-13H2,1H3,(H,23,24). The van der Waals surface area contributed by atoms with Crippen LogP contribution in [0.4, 0.5) is 0 Å². The number of phenols is 1. The molecule has 0 spiro atoms. The summed E-state index contributed by atoms with van der Waals surface area (Å²) >= 11 is 0. The van der Waals surface area contributed by atoms with Crippen molar-refractivity contribution < 1.29 is 14.6 Å². The smallest absolute Gasteiger partial charge is 0.258 e. The summed E-state index contributed by atoms with van der Waals surface area (Å²) in [7, 11) is 1.64. The van der Waals surface area contributed by atoms with Gasteiger partial charge in [0.15, 0.2) is 0 Å². The van der Waals surface area contributed by atoms with Gasteiger partial charge in [-0.2, -0.15) is 5.10 Å². The molecular formula is C22H24N4O3. The van der Waals surface area contributed by atoms with E-state index in [-0.39, 0.29) is 11.7 Å². The number of aromatic amines is 1. The zero-order chi connectivity index (χ0) is 20.0. The van der Waals surface area contributed by atoms with Crippen LogP contribution in [0.3, 0.4) is 0 Å². The third kappa shape index (κ3) is 3.21. The van der Waals surface area contributed by atoms with Gasteiger partial charge in [-0.3, -0.25) is 14.8 Å². The van der Waals surface area contributed by atoms with Crippen molar-refractivity contribution >= 4 is 16.8 Å². The van der Waals surface area contributed by atoms with Gasteiger partial charge in [0.25, 0.3) is 5.91 Å². The van der Waals surface area contributed by atoms with Crippen LogP contribution in [-0.4, -0.2) is 51.2 Å². The van der Waals surface area contributed by atoms with Crippen molar-refractivity contribution in [2.45, 2.75) is 32.5 Å². The van der Waals surface area contributed by atoms with Crippen LogP contribution in [0.25, 0.3) is 10.9 Å². The molecule has 29 heavy (non-hydrogen) atoms. The summed E-state index contributed by atoms with van der Waals surface area (Å²) in [6.45, 7) is 3.95. The molecule has 0 bridgehead atoms. The lowest BCUT2D eigenvalue weighted by molar-refractivity contribution is 0.0748. The molecule has 2 aliphatic rings. The van der Waals surface area contributed by atoms with E-state index in [0.717, 1.165) is 53.1 Å². The van der Waals surface area contributed by atoms with E-state index in [0.29, 0.717) is 18.7 Å². The molecule has 0 saturated carbocycles. The number of aromatic nitrogens is 2. The number of aromatic hydroxyl groups is 1. The van der Waals surface area contributed by atoms with Gasteiger partial charge in [-0.05, 0) is 55.3 Å². The lowest BCUT2D eigenvalue weighted by atomic mass is 10.1. The predicted molar refractivity (Wildman–Crippen MR) is 109 cm³/mol. The van der Waals surface area contributed by atoms with Crippen molar-refractivity contribution in [3.8, 4) is 11.5 Å². The lowest BCUT2D eigenvalue weighted by Gasteiger charge is -2.17. The first-order valence-corrected chi connectivity index (χ1v) is 10.00. The van der Waals surface area contributed by atoms with Crippen LogP contribution < -0.4 is 4.74 Å². The molecular weight excluding hydrogens is 368 g/mol. The minimum atomic E-state index is -0.173. The Bertz CT molecular complexity index is 1090. The first-order valence-electron chi connectivity index (χ1n) is 10.00. The first-order chi connectivity index (χ1) is 14.1. The van der Waals surface area contributed by atoms with E-state index in [1.54, 1.807) is 24.1 Å². The van der Waals surface area contributed by atoms with Gasteiger partial charge in [-0.25, -0.2) is 0 Å². The number of benzene rings is 2. The number of ether oxygens (including phenoxy) is 1. The summed E-state index contributed by atoms with van der Waals surface area (Å²) in [5.74, 6) is 0.590. The number of rotatable bonds is 4. The fourth-order valence-corrected chi connectivity index (χ4v) is 4.36. The SMILES string of the molecule is COc1ccc2c(c1)CN(C(=O)c1cc3c(CN4CCCC4)n[nH]c3cc1O)C2. The largest absolute Gasteiger partial charge is 0.507 e. The van der Waals surface area contributed by atoms with E-state index in [1.807, 2.05) is 18.2 Å². The maximum absolute atomic E-state index is 13.2. The van der Waals surface area contributed by atoms with E-state index >= 15 is 0 Å². The summed E-state index contributed by atoms with van der Waals surface area (Å²) in [5.41, 5.74) is 4.18. The molecule has 0 radical (unpaired) electrons. The average molecular weight is 392 g/mol. The van der Waals surface area contributed by atoms with E-state index in [9.17, 15) is 9.90 Å². The highest BCUT2D eigenvalue weighted by Crippen LogP contribution is 2.32. The van der Waals surface area contributed by atoms with Crippen LogP contribution >= 0.6 is 0 Å². The second kappa shape index (κ2) is 7.08. The van der Waals surface area contributed by atoms with Crippen molar-refractivity contribution in [2.75, 3.05) is 20.2 Å². The molecule has 1 fully saturated rings. The molecule has 1 saturated heterocycles. The Hall–Kier alpha value is -3.06. The quantitative estimate of drug-likeness (QED) is 0.713. The van der Waals surface area contributed by atoms with Crippen molar-refractivity contribution in [3.63, 3.8) is 0 Å². The third-order valence-electron chi connectivity index (χ3n) is 5.98. The molecule has 5 rings (SSSR count). The highest BCUT2D eigenvalue weighted by Gasteiger charge is 2.27. The number of nitrogens with zero attached hydrogens (tertiary/aromatic N) is 3. The minimum Gasteiger partial charge on any atom is -0.507 e. The van der Waals surface area contributed by atoms with E-state index < -0.39 is 0 Å². The number of H-pyrrole nitrogens is 1. The Morgan fingerprint density at radius 1 is 1.17 bits per heavy atom. The number of amides is 1. The number of methoxy groups -OCH3 is 1. The van der Waals surface area contributed by atoms with Gasteiger partial charge in [0, 0.05) is 31.1 Å². The maximum Gasteiger partial charge on any atom is 0.258 e. The highest BCUT2D eigenvalue weighted by molar-refractivity contribution is 6.01. The number of carbonyl (C=O) groups excluding carboxylic acids is 1. The van der Waals surface area contributed by atoms with Crippen molar-refractivity contribution in [1.29, 1.82) is 0 Å². The normalized spacial score (nSPS) is 16.5. The number of phenolic OH excluding ortho intramolecular Hbond substituents is 1. The Morgan fingerprint density at radius 2 is 1.97 bits per heavy atom. The Kier molecular flexibility index (Phi) is 4.39. The summed E-state index contributed by atoms with van der Waals surface area (Å²) < 4.78 is 5.29. The molecule has 2 aromatic carbocycles. The lowest BCUT2D eigenvalue weighted by Crippen LogP contribution is -2.25. The van der Waals surface area contributed by atoms with Gasteiger partial charge < -0.3 is 14.7 Å². The highest BCUT2D eigenvalue weighted by atomic mass is 16.5. The summed E-state index contributed by atoms with van der Waals surface area (Å²) in [5, 5.41) is 18.8. The van der Waals surface area contributed by atoms with E-state index in [1.165, 1.54) is 12.8 Å². The zero-order valence-electron chi connectivity index (χ0n) is 16.4. The number of hydrogen-bond acceptors (Lipinski definition) is 5. The molecule has 0 aliphatic carbocycles. The van der Waals surface area contributed by atoms with Crippen LogP contribution in [0.2, 0.25) is 0 Å². The van der Waals surface area contributed by atoms with Crippen molar-refractivity contribution in [1.82, 2.24) is 20.0 Å². The second-order valence-corrected chi connectivity index (χ2v) is 7.86. The summed E-state index contributed by atoms with van der Waals surface area (Å²) in [4.78, 5) is 17.3. The summed E-state index contributed by atoms with van der Waals surface area (Å²) in [6.07, 6.45) is 2.43. The Balaban J connectivity index is 1.43. The van der Waals surface area contributed by atoms with Gasteiger partial charge in [-0.15, -0.1) is 0 Å². The molecule has 150 valence electrons. The molecule has 7 nitrogen and oxygen atoms in total. The van der Waals surface area contributed by atoms with E-state index in [4.69, 9.17) is 4.74 Å². The number of likely N-dealkylation sites (tertiary alicyclic amines) is 1. The van der Waals surface area contributed by atoms with Crippen LogP contribution in [0.15, 0.2) is 30.3 Å². The van der Waals surface area contributed by atoms with Crippen molar-refractivity contribution in [3.05, 3.63) is 52.7 Å². The second-order valence-electron chi connectivity index (χ2n) is 7.86. The van der Waals surface area contributed by atoms with Gasteiger partial charge in [-0.1, -0.05) is 6.07 Å². The molecule has 2 aliphatic heterocycles. The van der Waals surface area contributed by atoms with Gasteiger partial charge in [0.2, 0.25) is 0 Å². The number of nitrogens with one attached hydrogen (secondary N) is 1. The van der Waals surface area contributed by atoms with Gasteiger partial charge >= 0.3 is 0 Å². The predicted octanol–water partition coefficient (Wildman–Crippen LogP) is 3.03. The third-order valence-corrected chi connectivity index (χ3v) is 5.98. The Morgan fingerprint density at radius 3 is 2.76 bits per heavy atom. The zero-order valence-corrected chi connectivity index (χ0v) is 16.4. The van der Waals surface area contributed by atoms with Gasteiger partial charge in [0.1, 0.15) is 11.5 Å². The number of fused-ring (bicyclic) bond motifs is 2. The fourth-order valence-electron chi connectivity index (χ4n) is 4.36. The van der Waals surface area contributed by atoms with Crippen LogP contribution in [0.1, 0.15) is 40.0 Å².